The SMILES string of the molecule is Cc1ccc(NC(=O)[C@@H]2CCCN2C(=O)c2cc(Cl)cc(Cl)c2)nc1. The molecule has 2 aromatic rings. The third-order valence-corrected chi connectivity index (χ3v) is 4.52. The van der Waals surface area contributed by atoms with E-state index < -0.39 is 6.04 Å². The van der Waals surface area contributed by atoms with Crippen molar-refractivity contribution in [2.24, 2.45) is 0 Å². The van der Waals surface area contributed by atoms with Crippen LogP contribution in [0.4, 0.5) is 5.82 Å². The molecule has 1 N–H and O–H groups in total. The Balaban J connectivity index is 1.76. The molecule has 1 aromatic carbocycles. The molecule has 1 fully saturated rings. The molecular formula is C18H17Cl2N3O2. The third-order valence-electron chi connectivity index (χ3n) is 4.09. The first kappa shape index (κ1) is 17.7. The van der Waals surface area contributed by atoms with E-state index in [1.807, 2.05) is 13.0 Å². The summed E-state index contributed by atoms with van der Waals surface area (Å²) in [6.45, 7) is 2.44. The predicted molar refractivity (Wildman–Crippen MR) is 98.1 cm³/mol. The highest BCUT2D eigenvalue weighted by Crippen LogP contribution is 2.25. The van der Waals surface area contributed by atoms with Crippen molar-refractivity contribution in [1.29, 1.82) is 0 Å². The summed E-state index contributed by atoms with van der Waals surface area (Å²) < 4.78 is 0. The number of benzene rings is 1. The number of likely N-dealkylation sites (tertiary alicyclic amines) is 1. The number of nitrogens with zero attached hydrogens (tertiary/aromatic N) is 2. The van der Waals surface area contributed by atoms with Crippen molar-refractivity contribution in [2.75, 3.05) is 11.9 Å². The summed E-state index contributed by atoms with van der Waals surface area (Å²) in [5, 5.41) is 3.55. The molecule has 1 saturated heterocycles. The average molecular weight is 378 g/mol. The number of amides is 2. The van der Waals surface area contributed by atoms with E-state index in [1.165, 1.54) is 0 Å². The van der Waals surface area contributed by atoms with E-state index in [0.717, 1.165) is 12.0 Å². The van der Waals surface area contributed by atoms with Gasteiger partial charge in [-0.15, -0.1) is 0 Å². The van der Waals surface area contributed by atoms with Crippen molar-refractivity contribution in [3.05, 3.63) is 57.7 Å². The van der Waals surface area contributed by atoms with E-state index in [9.17, 15) is 9.59 Å². The molecule has 25 heavy (non-hydrogen) atoms. The van der Waals surface area contributed by atoms with Gasteiger partial charge >= 0.3 is 0 Å². The van der Waals surface area contributed by atoms with Gasteiger partial charge in [0.1, 0.15) is 11.9 Å². The molecule has 1 aliphatic rings. The van der Waals surface area contributed by atoms with Gasteiger partial charge in [0.05, 0.1) is 0 Å². The molecule has 0 unspecified atom stereocenters. The minimum absolute atomic E-state index is 0.240. The molecule has 0 radical (unpaired) electrons. The number of carbonyl (C=O) groups excluding carboxylic acids is 2. The zero-order chi connectivity index (χ0) is 18.0. The number of hydrogen-bond acceptors (Lipinski definition) is 3. The van der Waals surface area contributed by atoms with Crippen molar-refractivity contribution in [1.82, 2.24) is 9.88 Å². The maximum absolute atomic E-state index is 12.8. The van der Waals surface area contributed by atoms with Crippen LogP contribution in [0.5, 0.6) is 0 Å². The van der Waals surface area contributed by atoms with Crippen LogP contribution < -0.4 is 5.32 Å². The van der Waals surface area contributed by atoms with Gasteiger partial charge in [0.15, 0.2) is 0 Å². The Morgan fingerprint density at radius 3 is 2.56 bits per heavy atom. The summed E-state index contributed by atoms with van der Waals surface area (Å²) in [6, 6.07) is 7.76. The molecule has 2 heterocycles. The van der Waals surface area contributed by atoms with Crippen LogP contribution in [0.3, 0.4) is 0 Å². The third kappa shape index (κ3) is 4.11. The van der Waals surface area contributed by atoms with Gasteiger partial charge in [0, 0.05) is 28.4 Å². The van der Waals surface area contributed by atoms with Crippen LogP contribution in [0.25, 0.3) is 0 Å². The summed E-state index contributed by atoms with van der Waals surface area (Å²) in [5.41, 5.74) is 1.39. The fraction of sp³-hybridized carbons (Fsp3) is 0.278. The molecule has 1 atom stereocenters. The summed E-state index contributed by atoms with van der Waals surface area (Å²) in [5.74, 6) is -0.0186. The fourth-order valence-corrected chi connectivity index (χ4v) is 3.40. The van der Waals surface area contributed by atoms with E-state index >= 15 is 0 Å². The van der Waals surface area contributed by atoms with Crippen LogP contribution in [-0.4, -0.2) is 34.3 Å². The molecule has 0 saturated carbocycles. The van der Waals surface area contributed by atoms with Crippen LogP contribution in [0.2, 0.25) is 10.0 Å². The van der Waals surface area contributed by atoms with Crippen molar-refractivity contribution < 1.29 is 9.59 Å². The van der Waals surface area contributed by atoms with E-state index in [2.05, 4.69) is 10.3 Å². The maximum Gasteiger partial charge on any atom is 0.254 e. The lowest BCUT2D eigenvalue weighted by atomic mass is 10.1. The van der Waals surface area contributed by atoms with E-state index in [-0.39, 0.29) is 11.8 Å². The second-order valence-corrected chi connectivity index (χ2v) is 6.90. The van der Waals surface area contributed by atoms with Gasteiger partial charge in [-0.3, -0.25) is 9.59 Å². The van der Waals surface area contributed by atoms with Crippen molar-refractivity contribution in [3.8, 4) is 0 Å². The number of anilines is 1. The van der Waals surface area contributed by atoms with Crippen molar-refractivity contribution in [3.63, 3.8) is 0 Å². The van der Waals surface area contributed by atoms with Crippen molar-refractivity contribution in [2.45, 2.75) is 25.8 Å². The number of halogens is 2. The van der Waals surface area contributed by atoms with Crippen molar-refractivity contribution >= 4 is 40.8 Å². The highest BCUT2D eigenvalue weighted by Gasteiger charge is 2.34. The Morgan fingerprint density at radius 1 is 1.20 bits per heavy atom. The Bertz CT molecular complexity index is 788. The molecule has 0 aliphatic carbocycles. The molecule has 0 spiro atoms. The standard InChI is InChI=1S/C18H17Cl2N3O2/c1-11-4-5-16(21-10-11)22-17(24)15-3-2-6-23(15)18(25)12-7-13(19)9-14(20)8-12/h4-5,7-10,15H,2-3,6H2,1H3,(H,21,22,24)/t15-/m0/s1. The molecule has 5 nitrogen and oxygen atoms in total. The maximum atomic E-state index is 12.8. The van der Waals surface area contributed by atoms with Gasteiger partial charge in [-0.1, -0.05) is 29.3 Å². The number of hydrogen-bond donors (Lipinski definition) is 1. The number of nitrogens with one attached hydrogen (secondary N) is 1. The largest absolute Gasteiger partial charge is 0.327 e. The first-order chi connectivity index (χ1) is 11.9. The number of rotatable bonds is 3. The van der Waals surface area contributed by atoms with Gasteiger partial charge < -0.3 is 10.2 Å². The minimum atomic E-state index is -0.534. The number of aromatic nitrogens is 1. The topological polar surface area (TPSA) is 62.3 Å². The second-order valence-electron chi connectivity index (χ2n) is 6.02. The fourth-order valence-electron chi connectivity index (χ4n) is 2.88. The summed E-state index contributed by atoms with van der Waals surface area (Å²) in [7, 11) is 0. The molecule has 1 aliphatic heterocycles. The molecule has 3 rings (SSSR count). The summed E-state index contributed by atoms with van der Waals surface area (Å²) in [6.07, 6.45) is 3.05. The lowest BCUT2D eigenvalue weighted by Gasteiger charge is -2.24. The van der Waals surface area contributed by atoms with Crippen LogP contribution >= 0.6 is 23.2 Å². The lowest BCUT2D eigenvalue weighted by molar-refractivity contribution is -0.119. The monoisotopic (exact) mass is 377 g/mol. The molecule has 1 aromatic heterocycles. The highest BCUT2D eigenvalue weighted by molar-refractivity contribution is 6.35. The Labute approximate surface area is 155 Å². The second kappa shape index (κ2) is 7.42. The number of pyridine rings is 1. The molecule has 2 amide bonds. The van der Waals surface area contributed by atoms with E-state index in [0.29, 0.717) is 34.4 Å². The molecule has 7 heteroatoms. The first-order valence-electron chi connectivity index (χ1n) is 7.94. The lowest BCUT2D eigenvalue weighted by Crippen LogP contribution is -2.43. The zero-order valence-corrected chi connectivity index (χ0v) is 15.1. The summed E-state index contributed by atoms with van der Waals surface area (Å²) >= 11 is 12.0. The summed E-state index contributed by atoms with van der Waals surface area (Å²) in [4.78, 5) is 31.1. The van der Waals surface area contributed by atoms with E-state index in [4.69, 9.17) is 23.2 Å². The number of aryl methyl sites for hydroxylation is 1. The Morgan fingerprint density at radius 2 is 1.92 bits per heavy atom. The van der Waals surface area contributed by atoms with Crippen LogP contribution in [-0.2, 0) is 4.79 Å². The molecule has 130 valence electrons. The van der Waals surface area contributed by atoms with Crippen LogP contribution in [0.1, 0.15) is 28.8 Å². The zero-order valence-electron chi connectivity index (χ0n) is 13.6. The van der Waals surface area contributed by atoms with Gasteiger partial charge in [0.25, 0.3) is 5.91 Å². The van der Waals surface area contributed by atoms with Gasteiger partial charge in [-0.2, -0.15) is 0 Å². The minimum Gasteiger partial charge on any atom is -0.327 e. The Kier molecular flexibility index (Phi) is 5.25. The highest BCUT2D eigenvalue weighted by atomic mass is 35.5. The number of carbonyl (C=O) groups is 2. The van der Waals surface area contributed by atoms with Gasteiger partial charge in [-0.05, 0) is 49.6 Å². The quantitative estimate of drug-likeness (QED) is 0.880. The predicted octanol–water partition coefficient (Wildman–Crippen LogP) is 3.94. The molecule has 0 bridgehead atoms. The average Bonchev–Trinajstić information content (AvgIpc) is 3.05. The van der Waals surface area contributed by atoms with E-state index in [1.54, 1.807) is 35.4 Å². The smallest absolute Gasteiger partial charge is 0.254 e. The molecular weight excluding hydrogens is 361 g/mol. The normalized spacial score (nSPS) is 16.8. The van der Waals surface area contributed by atoms with Crippen LogP contribution in [0, 0.1) is 6.92 Å². The van der Waals surface area contributed by atoms with Gasteiger partial charge in [-0.25, -0.2) is 4.98 Å². The van der Waals surface area contributed by atoms with Crippen LogP contribution in [0.15, 0.2) is 36.5 Å². The first-order valence-corrected chi connectivity index (χ1v) is 8.70. The Hall–Kier alpha value is -2.11. The van der Waals surface area contributed by atoms with Gasteiger partial charge in [0.2, 0.25) is 5.91 Å².